The number of carboxylic acid groups (broad SMARTS) is 2. The number of nitrogens with zero attached hydrogens (tertiary/aromatic N) is 1. The van der Waals surface area contributed by atoms with Crippen LogP contribution in [0.4, 0.5) is 0 Å². The van der Waals surface area contributed by atoms with Crippen LogP contribution in [0, 0.1) is 17.8 Å². The highest BCUT2D eigenvalue weighted by molar-refractivity contribution is 5.99. The van der Waals surface area contributed by atoms with Gasteiger partial charge in [-0.3, -0.25) is 14.4 Å². The van der Waals surface area contributed by atoms with Gasteiger partial charge in [0.05, 0.1) is 24.0 Å². The Morgan fingerprint density at radius 1 is 0.964 bits per heavy atom. The van der Waals surface area contributed by atoms with E-state index in [0.717, 1.165) is 0 Å². The summed E-state index contributed by atoms with van der Waals surface area (Å²) in [7, 11) is 0. The zero-order valence-corrected chi connectivity index (χ0v) is 15.3. The Morgan fingerprint density at radius 3 is 2.29 bits per heavy atom. The molecule has 2 saturated carbocycles. The van der Waals surface area contributed by atoms with Crippen molar-refractivity contribution in [2.75, 3.05) is 6.54 Å². The zero-order valence-electron chi connectivity index (χ0n) is 15.3. The van der Waals surface area contributed by atoms with Crippen molar-refractivity contribution in [1.82, 2.24) is 5.32 Å². The fourth-order valence-corrected chi connectivity index (χ4v) is 5.70. The van der Waals surface area contributed by atoms with Crippen molar-refractivity contribution in [3.8, 4) is 0 Å². The van der Waals surface area contributed by atoms with Crippen molar-refractivity contribution < 1.29 is 44.1 Å². The van der Waals surface area contributed by atoms with Crippen molar-refractivity contribution >= 4 is 23.8 Å². The second-order valence-corrected chi connectivity index (χ2v) is 8.64. The summed E-state index contributed by atoms with van der Waals surface area (Å²) in [5, 5.41) is 41.2. The van der Waals surface area contributed by atoms with Crippen LogP contribution in [0.5, 0.6) is 0 Å². The van der Waals surface area contributed by atoms with Crippen molar-refractivity contribution in [3.63, 3.8) is 0 Å². The SMILES string of the molecule is O=C(O)C1CC(O)CCC1C(=O)NC1C[N+]12C(=O)C21CCC(O)CC1C(=O)O. The van der Waals surface area contributed by atoms with E-state index in [0.29, 0.717) is 19.4 Å². The zero-order chi connectivity index (χ0) is 20.4. The molecule has 5 N–H and O–H groups in total. The van der Waals surface area contributed by atoms with E-state index in [1.165, 1.54) is 0 Å². The number of carboxylic acids is 2. The largest absolute Gasteiger partial charge is 0.481 e. The van der Waals surface area contributed by atoms with E-state index in [2.05, 4.69) is 5.32 Å². The Hall–Kier alpha value is -2.04. The minimum atomic E-state index is -1.13. The number of quaternary nitrogens is 1. The Balaban J connectivity index is 1.47. The summed E-state index contributed by atoms with van der Waals surface area (Å²) >= 11 is 0. The normalized spacial score (nSPS) is 47.0. The average Bonchev–Trinajstić information content (AvgIpc) is 3.47. The number of aliphatic hydroxyl groups excluding tert-OH is 2. The van der Waals surface area contributed by atoms with Crippen molar-refractivity contribution in [2.24, 2.45) is 17.8 Å². The molecule has 10 heteroatoms. The molecular formula is C18H25N2O8+. The number of aliphatic hydroxyl groups is 2. The topological polar surface area (TPSA) is 161 Å². The number of nitrogens with one attached hydrogen (secondary N) is 1. The van der Waals surface area contributed by atoms with Gasteiger partial charge < -0.3 is 25.7 Å². The first-order chi connectivity index (χ1) is 13.1. The van der Waals surface area contributed by atoms with Gasteiger partial charge in [0.25, 0.3) is 0 Å². The minimum absolute atomic E-state index is 0.0138. The maximum Gasteiger partial charge on any atom is 0.379 e. The molecule has 2 heterocycles. The van der Waals surface area contributed by atoms with Gasteiger partial charge in [-0.25, -0.2) is 9.28 Å². The number of carbonyl (C=O) groups is 4. The van der Waals surface area contributed by atoms with Gasteiger partial charge in [-0.15, -0.1) is 0 Å². The van der Waals surface area contributed by atoms with Crippen LogP contribution in [0.15, 0.2) is 0 Å². The van der Waals surface area contributed by atoms with E-state index >= 15 is 0 Å². The summed E-state index contributed by atoms with van der Waals surface area (Å²) < 4.78 is -0.102. The molecule has 0 radical (unpaired) electrons. The summed E-state index contributed by atoms with van der Waals surface area (Å²) in [5.41, 5.74) is -1.09. The third kappa shape index (κ3) is 2.51. The Morgan fingerprint density at radius 2 is 1.64 bits per heavy atom. The molecule has 2 aliphatic carbocycles. The monoisotopic (exact) mass is 397 g/mol. The molecule has 0 aromatic carbocycles. The first kappa shape index (κ1) is 19.3. The van der Waals surface area contributed by atoms with Crippen LogP contribution in [0.3, 0.4) is 0 Å². The van der Waals surface area contributed by atoms with Crippen LogP contribution in [0.2, 0.25) is 0 Å². The van der Waals surface area contributed by atoms with Gasteiger partial charge >= 0.3 is 17.8 Å². The Bertz CT molecular complexity index is 756. The fraction of sp³-hybridized carbons (Fsp3) is 0.778. The van der Waals surface area contributed by atoms with Crippen molar-refractivity contribution in [1.29, 1.82) is 0 Å². The molecule has 2 spiro atoms. The minimum Gasteiger partial charge on any atom is -0.481 e. The van der Waals surface area contributed by atoms with Crippen LogP contribution < -0.4 is 5.32 Å². The number of rotatable bonds is 4. The lowest BCUT2D eigenvalue weighted by Gasteiger charge is -2.30. The van der Waals surface area contributed by atoms with E-state index in [4.69, 9.17) is 0 Å². The molecule has 10 nitrogen and oxygen atoms in total. The van der Waals surface area contributed by atoms with Crippen molar-refractivity contribution in [3.05, 3.63) is 0 Å². The highest BCUT2D eigenvalue weighted by Crippen LogP contribution is 2.64. The summed E-state index contributed by atoms with van der Waals surface area (Å²) in [6.07, 6.45) is -0.804. The van der Waals surface area contributed by atoms with E-state index in [9.17, 15) is 39.6 Å². The predicted octanol–water partition coefficient (Wildman–Crippen LogP) is -1.35. The smallest absolute Gasteiger partial charge is 0.379 e. The average molecular weight is 397 g/mol. The number of carbonyl (C=O) groups excluding carboxylic acids is 2. The number of aliphatic carboxylic acids is 2. The van der Waals surface area contributed by atoms with E-state index < -0.39 is 59.5 Å². The molecule has 0 aromatic heterocycles. The molecule has 4 aliphatic rings. The Labute approximate surface area is 160 Å². The van der Waals surface area contributed by atoms with Gasteiger partial charge in [0.2, 0.25) is 17.6 Å². The van der Waals surface area contributed by atoms with E-state index in [1.54, 1.807) is 0 Å². The lowest BCUT2D eigenvalue weighted by Crippen LogP contribution is -2.47. The quantitative estimate of drug-likeness (QED) is 0.287. The molecule has 8 unspecified atom stereocenters. The summed E-state index contributed by atoms with van der Waals surface area (Å²) in [6, 6.07) is 0. The van der Waals surface area contributed by atoms with Gasteiger partial charge in [-0.1, -0.05) is 0 Å². The fourth-order valence-electron chi connectivity index (χ4n) is 5.70. The van der Waals surface area contributed by atoms with Crippen LogP contribution in [-0.4, -0.2) is 79.1 Å². The lowest BCUT2D eigenvalue weighted by atomic mass is 9.76. The lowest BCUT2D eigenvalue weighted by molar-refractivity contribution is -0.677. The molecule has 2 aliphatic heterocycles. The van der Waals surface area contributed by atoms with Crippen LogP contribution in [0.1, 0.15) is 38.5 Å². The second-order valence-electron chi connectivity index (χ2n) is 8.64. The number of fused-ring (bicyclic) bond motifs is 1. The molecule has 154 valence electrons. The first-order valence-electron chi connectivity index (χ1n) is 9.70. The number of hydrogen-bond acceptors (Lipinski definition) is 6. The maximum atomic E-state index is 12.7. The first-order valence-corrected chi connectivity index (χ1v) is 9.70. The molecular weight excluding hydrogens is 372 g/mol. The van der Waals surface area contributed by atoms with Gasteiger partial charge in [0, 0.05) is 6.42 Å². The molecule has 4 rings (SSSR count). The second kappa shape index (κ2) is 6.23. The third-order valence-electron chi connectivity index (χ3n) is 7.28. The van der Waals surface area contributed by atoms with Crippen LogP contribution in [-0.2, 0) is 19.2 Å². The van der Waals surface area contributed by atoms with Crippen LogP contribution >= 0.6 is 0 Å². The highest BCUT2D eigenvalue weighted by Gasteiger charge is 2.96. The molecule has 8 atom stereocenters. The van der Waals surface area contributed by atoms with E-state index in [1.807, 2.05) is 0 Å². The highest BCUT2D eigenvalue weighted by atomic mass is 16.4. The summed E-state index contributed by atoms with van der Waals surface area (Å²) in [6.45, 7) is 0.303. The summed E-state index contributed by atoms with van der Waals surface area (Å²) in [5.74, 6) is -5.68. The van der Waals surface area contributed by atoms with Gasteiger partial charge in [0.1, 0.15) is 5.92 Å². The summed E-state index contributed by atoms with van der Waals surface area (Å²) in [4.78, 5) is 48.6. The standard InChI is InChI=1S/C18H24N2O8/c21-8-1-2-10(11(5-8)15(24)25)14(23)19-13-7-20(13)17(28)18(20)4-3-9(22)6-12(18)16(26)27/h8-13,21-22H,1-7H2,(H2-,19,23,24,25,26,27)/p+1. The number of amides is 2. The molecule has 0 aromatic rings. The Kier molecular flexibility index (Phi) is 4.29. The molecule has 0 bridgehead atoms. The molecule has 2 saturated heterocycles. The van der Waals surface area contributed by atoms with Gasteiger partial charge in [-0.05, 0) is 32.1 Å². The molecule has 28 heavy (non-hydrogen) atoms. The molecule has 2 amide bonds. The van der Waals surface area contributed by atoms with Crippen molar-refractivity contribution in [2.45, 2.75) is 62.4 Å². The van der Waals surface area contributed by atoms with Gasteiger partial charge in [0.15, 0.2) is 6.54 Å². The van der Waals surface area contributed by atoms with E-state index in [-0.39, 0.29) is 36.1 Å². The molecule has 4 fully saturated rings. The maximum absolute atomic E-state index is 12.7. The number of hydrogen-bond donors (Lipinski definition) is 5. The van der Waals surface area contributed by atoms with Crippen LogP contribution in [0.25, 0.3) is 0 Å². The third-order valence-corrected chi connectivity index (χ3v) is 7.28. The van der Waals surface area contributed by atoms with Gasteiger partial charge in [-0.2, -0.15) is 0 Å². The predicted molar refractivity (Wildman–Crippen MR) is 90.3 cm³/mol.